The van der Waals surface area contributed by atoms with Gasteiger partial charge < -0.3 is 10.2 Å². The summed E-state index contributed by atoms with van der Waals surface area (Å²) in [7, 11) is 1.81. The first kappa shape index (κ1) is 15.7. The number of benzene rings is 1. The molecule has 3 nitrogen and oxygen atoms in total. The van der Waals surface area contributed by atoms with Crippen molar-refractivity contribution < 1.29 is 4.79 Å². The summed E-state index contributed by atoms with van der Waals surface area (Å²) in [6.07, 6.45) is 1.70. The predicted molar refractivity (Wildman–Crippen MR) is 91.8 cm³/mol. The van der Waals surface area contributed by atoms with Gasteiger partial charge in [-0.25, -0.2) is 4.79 Å². The van der Waals surface area contributed by atoms with Crippen molar-refractivity contribution in [3.8, 4) is 0 Å². The molecule has 3 rings (SSSR count). The number of carbonyl (C=O) groups excluding carboxylic acids is 1. The monoisotopic (exact) mass is 354 g/mol. The molecule has 0 radical (unpaired) electrons. The van der Waals surface area contributed by atoms with Gasteiger partial charge in [0.05, 0.1) is 22.6 Å². The molecule has 1 aliphatic rings. The number of halogens is 2. The average molecular weight is 355 g/mol. The first-order chi connectivity index (χ1) is 10.6. The number of fused-ring (bicyclic) bond motifs is 1. The van der Waals surface area contributed by atoms with E-state index < -0.39 is 0 Å². The molecule has 0 spiro atoms. The van der Waals surface area contributed by atoms with E-state index >= 15 is 0 Å². The maximum atomic E-state index is 12.3. The molecule has 1 aromatic carbocycles. The number of urea groups is 1. The fourth-order valence-electron chi connectivity index (χ4n) is 2.75. The molecule has 1 aromatic heterocycles. The van der Waals surface area contributed by atoms with Crippen molar-refractivity contribution in [1.29, 1.82) is 0 Å². The summed E-state index contributed by atoms with van der Waals surface area (Å²) in [4.78, 5) is 15.2. The van der Waals surface area contributed by atoms with E-state index in [2.05, 4.69) is 5.32 Å². The molecular formula is C16H16Cl2N2OS. The van der Waals surface area contributed by atoms with Gasteiger partial charge in [-0.3, -0.25) is 0 Å². The third-order valence-corrected chi connectivity index (χ3v) is 5.61. The van der Waals surface area contributed by atoms with E-state index in [4.69, 9.17) is 23.2 Å². The summed E-state index contributed by atoms with van der Waals surface area (Å²) < 4.78 is 0. The van der Waals surface area contributed by atoms with Gasteiger partial charge in [-0.2, -0.15) is 0 Å². The molecule has 116 valence electrons. The Bertz CT molecular complexity index is 688. The highest BCUT2D eigenvalue weighted by atomic mass is 35.5. The van der Waals surface area contributed by atoms with E-state index in [0.717, 1.165) is 24.0 Å². The minimum Gasteiger partial charge on any atom is -0.331 e. The highest BCUT2D eigenvalue weighted by Crippen LogP contribution is 2.39. The third kappa shape index (κ3) is 3.09. The molecule has 1 aliphatic carbocycles. The van der Waals surface area contributed by atoms with Gasteiger partial charge in [-0.15, -0.1) is 11.3 Å². The highest BCUT2D eigenvalue weighted by molar-refractivity contribution is 7.09. The Morgan fingerprint density at radius 1 is 1.41 bits per heavy atom. The molecule has 1 atom stereocenters. The first-order valence-electron chi connectivity index (χ1n) is 7.07. The molecule has 0 aliphatic heterocycles. The largest absolute Gasteiger partial charge is 0.331 e. The summed E-state index contributed by atoms with van der Waals surface area (Å²) in [6.45, 7) is 0.616. The SMILES string of the molecule is CN(Cc1cccs1)C(=O)NC1CCc2c1ccc(Cl)c2Cl. The minimum absolute atomic E-state index is 0.00283. The lowest BCUT2D eigenvalue weighted by atomic mass is 10.1. The molecule has 2 aromatic rings. The first-order valence-corrected chi connectivity index (χ1v) is 8.70. The van der Waals surface area contributed by atoms with Gasteiger partial charge >= 0.3 is 6.03 Å². The van der Waals surface area contributed by atoms with Gasteiger partial charge in [-0.1, -0.05) is 35.3 Å². The van der Waals surface area contributed by atoms with E-state index in [1.54, 1.807) is 29.4 Å². The van der Waals surface area contributed by atoms with E-state index in [1.807, 2.05) is 23.6 Å². The Balaban J connectivity index is 1.68. The number of hydrogen-bond donors (Lipinski definition) is 1. The van der Waals surface area contributed by atoms with E-state index in [0.29, 0.717) is 16.6 Å². The van der Waals surface area contributed by atoms with E-state index in [9.17, 15) is 4.79 Å². The molecule has 0 saturated heterocycles. The average Bonchev–Trinajstić information content (AvgIpc) is 3.13. The van der Waals surface area contributed by atoms with Crippen molar-refractivity contribution in [3.63, 3.8) is 0 Å². The van der Waals surface area contributed by atoms with E-state index in [1.165, 1.54) is 4.88 Å². The normalized spacial score (nSPS) is 16.4. The van der Waals surface area contributed by atoms with Gasteiger partial charge in [0, 0.05) is 11.9 Å². The number of hydrogen-bond acceptors (Lipinski definition) is 2. The molecule has 1 heterocycles. The number of amides is 2. The lowest BCUT2D eigenvalue weighted by Crippen LogP contribution is -2.38. The molecule has 6 heteroatoms. The van der Waals surface area contributed by atoms with Crippen LogP contribution in [-0.4, -0.2) is 18.0 Å². The van der Waals surface area contributed by atoms with Gasteiger partial charge in [0.25, 0.3) is 0 Å². The maximum absolute atomic E-state index is 12.3. The second kappa shape index (κ2) is 6.49. The molecule has 2 amide bonds. The zero-order valence-electron chi connectivity index (χ0n) is 12.1. The predicted octanol–water partition coefficient (Wildman–Crippen LogP) is 4.88. The number of nitrogens with one attached hydrogen (secondary N) is 1. The maximum Gasteiger partial charge on any atom is 0.317 e. The van der Waals surface area contributed by atoms with Crippen LogP contribution in [0.4, 0.5) is 4.79 Å². The summed E-state index contributed by atoms with van der Waals surface area (Å²) in [6, 6.07) is 7.70. The van der Waals surface area contributed by atoms with Crippen LogP contribution in [0.1, 0.15) is 28.5 Å². The van der Waals surface area contributed by atoms with Crippen LogP contribution in [0.15, 0.2) is 29.6 Å². The quantitative estimate of drug-likeness (QED) is 0.836. The molecule has 22 heavy (non-hydrogen) atoms. The van der Waals surface area contributed by atoms with Crippen LogP contribution in [0.2, 0.25) is 10.0 Å². The lowest BCUT2D eigenvalue weighted by Gasteiger charge is -2.21. The number of rotatable bonds is 3. The fourth-order valence-corrected chi connectivity index (χ4v) is 3.95. The van der Waals surface area contributed by atoms with Crippen molar-refractivity contribution in [2.24, 2.45) is 0 Å². The Hall–Kier alpha value is -1.23. The zero-order valence-corrected chi connectivity index (χ0v) is 14.4. The topological polar surface area (TPSA) is 32.3 Å². The molecule has 0 saturated carbocycles. The van der Waals surface area contributed by atoms with Crippen LogP contribution >= 0.6 is 34.5 Å². The van der Waals surface area contributed by atoms with Gasteiger partial charge in [-0.05, 0) is 41.5 Å². The summed E-state index contributed by atoms with van der Waals surface area (Å²) >= 11 is 13.9. The number of thiophene rings is 1. The smallest absolute Gasteiger partial charge is 0.317 e. The van der Waals surface area contributed by atoms with Crippen LogP contribution in [0.3, 0.4) is 0 Å². The van der Waals surface area contributed by atoms with Gasteiger partial charge in [0.1, 0.15) is 0 Å². The Morgan fingerprint density at radius 3 is 2.95 bits per heavy atom. The van der Waals surface area contributed by atoms with Crippen LogP contribution in [0, 0.1) is 0 Å². The Kier molecular flexibility index (Phi) is 4.62. The molecular weight excluding hydrogens is 339 g/mol. The highest BCUT2D eigenvalue weighted by Gasteiger charge is 2.27. The third-order valence-electron chi connectivity index (χ3n) is 3.91. The Labute approximate surface area is 143 Å². The summed E-state index contributed by atoms with van der Waals surface area (Å²) in [5.41, 5.74) is 2.13. The van der Waals surface area contributed by atoms with Gasteiger partial charge in [0.15, 0.2) is 0 Å². The zero-order chi connectivity index (χ0) is 15.7. The molecule has 1 unspecified atom stereocenters. The van der Waals surface area contributed by atoms with Crippen molar-refractivity contribution in [3.05, 3.63) is 55.7 Å². The van der Waals surface area contributed by atoms with Crippen LogP contribution in [0.5, 0.6) is 0 Å². The molecule has 1 N–H and O–H groups in total. The van der Waals surface area contributed by atoms with Crippen LogP contribution < -0.4 is 5.32 Å². The van der Waals surface area contributed by atoms with Crippen molar-refractivity contribution in [2.75, 3.05) is 7.05 Å². The van der Waals surface area contributed by atoms with Crippen molar-refractivity contribution in [1.82, 2.24) is 10.2 Å². The van der Waals surface area contributed by atoms with Crippen LogP contribution in [-0.2, 0) is 13.0 Å². The fraction of sp³-hybridized carbons (Fsp3) is 0.312. The second-order valence-corrected chi connectivity index (χ2v) is 7.22. The number of nitrogens with zero attached hydrogens (tertiary/aromatic N) is 1. The Morgan fingerprint density at radius 2 is 2.23 bits per heavy atom. The minimum atomic E-state index is -0.0719. The van der Waals surface area contributed by atoms with E-state index in [-0.39, 0.29) is 12.1 Å². The van der Waals surface area contributed by atoms with Crippen LogP contribution in [0.25, 0.3) is 0 Å². The second-order valence-electron chi connectivity index (χ2n) is 5.41. The summed E-state index contributed by atoms with van der Waals surface area (Å²) in [5, 5.41) is 6.28. The molecule has 0 bridgehead atoms. The standard InChI is InChI=1S/C16H16Cl2N2OS/c1-20(9-10-3-2-8-22-10)16(21)19-14-7-5-12-11(14)4-6-13(17)15(12)18/h2-4,6,8,14H,5,7,9H2,1H3,(H,19,21). The van der Waals surface area contributed by atoms with Crippen molar-refractivity contribution >= 4 is 40.6 Å². The lowest BCUT2D eigenvalue weighted by molar-refractivity contribution is 0.203. The van der Waals surface area contributed by atoms with Crippen molar-refractivity contribution in [2.45, 2.75) is 25.4 Å². The summed E-state index contributed by atoms with van der Waals surface area (Å²) in [5.74, 6) is 0. The molecule has 0 fully saturated rings. The number of carbonyl (C=O) groups is 1. The van der Waals surface area contributed by atoms with Gasteiger partial charge in [0.2, 0.25) is 0 Å².